The third-order valence-electron chi connectivity index (χ3n) is 9.20. The molecular weight excluding hydrogens is 855 g/mol. The molecule has 0 aliphatic rings. The number of H-pyrrole nitrogens is 2. The zero-order chi connectivity index (χ0) is 41.2. The summed E-state index contributed by atoms with van der Waals surface area (Å²) in [7, 11) is 0. The van der Waals surface area contributed by atoms with E-state index < -0.39 is 0 Å². The van der Waals surface area contributed by atoms with E-state index in [2.05, 4.69) is 89.3 Å². The van der Waals surface area contributed by atoms with Gasteiger partial charge in [0.2, 0.25) is 0 Å². The maximum absolute atomic E-state index is 6.40. The van der Waals surface area contributed by atoms with Crippen LogP contribution in [0, 0.1) is 13.8 Å². The van der Waals surface area contributed by atoms with E-state index in [9.17, 15) is 0 Å². The monoisotopic (exact) mass is 888 g/mol. The molecule has 0 saturated carbocycles. The van der Waals surface area contributed by atoms with Crippen LogP contribution in [0.25, 0.3) is 55.8 Å². The Bertz CT molecular complexity index is 3080. The number of benzene rings is 2. The average Bonchev–Trinajstić information content (AvgIpc) is 4.07. The Labute approximate surface area is 354 Å². The van der Waals surface area contributed by atoms with Crippen molar-refractivity contribution in [2.24, 2.45) is 5.73 Å². The third-order valence-corrected chi connectivity index (χ3v) is 10.4. The molecule has 296 valence electrons. The number of anilines is 1. The first-order valence-electron chi connectivity index (χ1n) is 18.2. The largest absolute Gasteiger partial charge is 0.362 e. The molecule has 59 heavy (non-hydrogen) atoms. The fraction of sp³-hybridized carbons (Fsp3) is 0.150. The van der Waals surface area contributed by atoms with Crippen molar-refractivity contribution in [1.82, 2.24) is 69.4 Å². The number of rotatable bonds is 6. The van der Waals surface area contributed by atoms with E-state index in [4.69, 9.17) is 33.9 Å². The third kappa shape index (κ3) is 8.31. The summed E-state index contributed by atoms with van der Waals surface area (Å²) in [5.41, 5.74) is 14.2. The van der Waals surface area contributed by atoms with Crippen molar-refractivity contribution in [2.45, 2.75) is 39.8 Å². The number of nitrogens with two attached hydrogens (primary N) is 1. The average molecular weight is 891 g/mol. The lowest BCUT2D eigenvalue weighted by molar-refractivity contribution is 0.762. The molecule has 2 atom stereocenters. The van der Waals surface area contributed by atoms with Gasteiger partial charge in [0, 0.05) is 40.3 Å². The SMILES string of the molecule is Brc1ncnc2nc[nH]c12.Cc1ccn(-c2nc3c(Cl)cccc3cc2[C@H](C)N)n1.Cc1ccn(-c2nc3c(Cl)cccc3cc2[C@H](C)Nc2ncnc3nc[nH]c23)n1. The number of aromatic amines is 2. The van der Waals surface area contributed by atoms with Gasteiger partial charge in [-0.05, 0) is 80.0 Å². The molecule has 0 spiro atoms. The van der Waals surface area contributed by atoms with Gasteiger partial charge in [-0.25, -0.2) is 49.2 Å². The molecule has 0 bridgehead atoms. The molecule has 5 N–H and O–H groups in total. The van der Waals surface area contributed by atoms with E-state index in [-0.39, 0.29) is 12.1 Å². The van der Waals surface area contributed by atoms with Crippen LogP contribution in [0.15, 0.2) is 103 Å². The number of halogens is 3. The van der Waals surface area contributed by atoms with E-state index in [0.29, 0.717) is 33.0 Å². The van der Waals surface area contributed by atoms with Crippen molar-refractivity contribution in [3.63, 3.8) is 0 Å². The second-order valence-corrected chi connectivity index (χ2v) is 15.0. The smallest absolute Gasteiger partial charge is 0.182 e. The maximum Gasteiger partial charge on any atom is 0.182 e. The van der Waals surface area contributed by atoms with Gasteiger partial charge in [0.25, 0.3) is 0 Å². The molecule has 2 aromatic carbocycles. The topological polar surface area (TPSA) is 208 Å². The van der Waals surface area contributed by atoms with E-state index in [1.54, 1.807) is 22.0 Å². The number of imidazole rings is 2. The number of hydrogen-bond acceptors (Lipinski definition) is 12. The van der Waals surface area contributed by atoms with Crippen LogP contribution in [-0.2, 0) is 0 Å². The van der Waals surface area contributed by atoms with Crippen LogP contribution in [-0.4, -0.2) is 69.4 Å². The van der Waals surface area contributed by atoms with Gasteiger partial charge in [0.05, 0.1) is 51.2 Å². The van der Waals surface area contributed by atoms with Gasteiger partial charge in [-0.2, -0.15) is 10.2 Å². The number of pyridine rings is 2. The summed E-state index contributed by atoms with van der Waals surface area (Å²) in [5.74, 6) is 2.12. The molecule has 0 radical (unpaired) electrons. The van der Waals surface area contributed by atoms with Crippen molar-refractivity contribution in [2.75, 3.05) is 5.32 Å². The Kier molecular flexibility index (Phi) is 11.2. The first kappa shape index (κ1) is 39.4. The predicted molar refractivity (Wildman–Crippen MR) is 233 cm³/mol. The van der Waals surface area contributed by atoms with Gasteiger partial charge in [-0.3, -0.25) is 0 Å². The molecule has 0 aliphatic heterocycles. The lowest BCUT2D eigenvalue weighted by Crippen LogP contribution is -2.14. The Morgan fingerprint density at radius 1 is 0.678 bits per heavy atom. The highest BCUT2D eigenvalue weighted by Gasteiger charge is 2.19. The molecule has 8 heterocycles. The number of nitrogens with one attached hydrogen (secondary N) is 3. The number of fused-ring (bicyclic) bond motifs is 4. The maximum atomic E-state index is 6.40. The van der Waals surface area contributed by atoms with Crippen molar-refractivity contribution in [1.29, 1.82) is 0 Å². The minimum Gasteiger partial charge on any atom is -0.362 e. The molecule has 16 nitrogen and oxygen atoms in total. The fourth-order valence-electron chi connectivity index (χ4n) is 6.32. The molecule has 0 amide bonds. The zero-order valence-corrected chi connectivity index (χ0v) is 35.1. The van der Waals surface area contributed by atoms with E-state index in [1.807, 2.05) is 87.8 Å². The molecule has 10 aromatic rings. The minimum absolute atomic E-state index is 0.119. The Hall–Kier alpha value is -6.40. The van der Waals surface area contributed by atoms with Crippen molar-refractivity contribution in [3.05, 3.63) is 136 Å². The molecule has 10 rings (SSSR count). The van der Waals surface area contributed by atoms with Gasteiger partial charge in [0.1, 0.15) is 28.3 Å². The van der Waals surface area contributed by atoms with Gasteiger partial charge in [-0.1, -0.05) is 47.5 Å². The Balaban J connectivity index is 0.000000138. The van der Waals surface area contributed by atoms with Gasteiger partial charge >= 0.3 is 0 Å². The highest BCUT2D eigenvalue weighted by atomic mass is 79.9. The van der Waals surface area contributed by atoms with Crippen molar-refractivity contribution in [3.8, 4) is 11.6 Å². The number of aryl methyl sites for hydroxylation is 2. The summed E-state index contributed by atoms with van der Waals surface area (Å²) in [6, 6.07) is 19.2. The quantitative estimate of drug-likeness (QED) is 0.116. The first-order valence-corrected chi connectivity index (χ1v) is 19.8. The van der Waals surface area contributed by atoms with Crippen molar-refractivity contribution >= 4 is 89.1 Å². The van der Waals surface area contributed by atoms with Crippen LogP contribution in [0.2, 0.25) is 10.0 Å². The lowest BCUT2D eigenvalue weighted by Gasteiger charge is -2.19. The van der Waals surface area contributed by atoms with Crippen LogP contribution in [0.1, 0.15) is 48.4 Å². The molecule has 8 aromatic heterocycles. The number of aromatic nitrogens is 14. The highest BCUT2D eigenvalue weighted by molar-refractivity contribution is 9.10. The fourth-order valence-corrected chi connectivity index (χ4v) is 7.15. The second-order valence-electron chi connectivity index (χ2n) is 13.5. The molecule has 0 fully saturated rings. The van der Waals surface area contributed by atoms with E-state index in [1.165, 1.54) is 12.7 Å². The first-order chi connectivity index (χ1) is 28.5. The molecule has 0 aliphatic carbocycles. The molecular formula is C40H35BrCl2N16. The van der Waals surface area contributed by atoms with Crippen LogP contribution >= 0.6 is 39.1 Å². The van der Waals surface area contributed by atoms with Crippen LogP contribution in [0.5, 0.6) is 0 Å². The van der Waals surface area contributed by atoms with E-state index >= 15 is 0 Å². The highest BCUT2D eigenvalue weighted by Crippen LogP contribution is 2.31. The van der Waals surface area contributed by atoms with Crippen LogP contribution < -0.4 is 11.1 Å². The number of para-hydroxylation sites is 2. The van der Waals surface area contributed by atoms with Gasteiger partial charge in [0.15, 0.2) is 28.7 Å². The summed E-state index contributed by atoms with van der Waals surface area (Å²) in [5, 5.41) is 15.6. The zero-order valence-electron chi connectivity index (χ0n) is 32.0. The summed E-state index contributed by atoms with van der Waals surface area (Å²) in [6.45, 7) is 7.88. The minimum atomic E-state index is -0.134. The molecule has 19 heteroatoms. The van der Waals surface area contributed by atoms with Gasteiger partial charge < -0.3 is 21.0 Å². The molecule has 0 saturated heterocycles. The standard InChI is InChI=1S/C20H17ClN8.C15H15ClN4.C5H3BrN4/c1-11-6-7-29(28-11)20-14(8-13-4-3-5-15(21)16(13)27-20)12(2)26-19-17-18(23-9-22-17)24-10-25-19;1-9-6-7-20(19-9)15-12(10(2)17)8-11-4-3-5-13(16)14(11)18-15;6-4-3-5(9-1-7-3)10-2-8-4/h3-10,12H,1-2H3,(H2,22,23,24,25,26);3-8,10H,17H2,1-2H3;1-2H,(H,7,8,9,10)/t12-;10-;/m00./s1. The lowest BCUT2D eigenvalue weighted by atomic mass is 10.1. The van der Waals surface area contributed by atoms with Gasteiger partial charge in [-0.15, -0.1) is 0 Å². The normalized spacial score (nSPS) is 12.3. The molecule has 0 unspecified atom stereocenters. The summed E-state index contributed by atoms with van der Waals surface area (Å²) >= 11 is 15.9. The Morgan fingerprint density at radius 3 is 1.75 bits per heavy atom. The van der Waals surface area contributed by atoms with Crippen LogP contribution in [0.4, 0.5) is 5.82 Å². The predicted octanol–water partition coefficient (Wildman–Crippen LogP) is 8.74. The number of nitrogens with zero attached hydrogens (tertiary/aromatic N) is 12. The second kappa shape index (κ2) is 16.8. The van der Waals surface area contributed by atoms with Crippen molar-refractivity contribution < 1.29 is 0 Å². The van der Waals surface area contributed by atoms with E-state index in [0.717, 1.165) is 65.8 Å². The number of hydrogen-bond donors (Lipinski definition) is 4. The summed E-state index contributed by atoms with van der Waals surface area (Å²) in [4.78, 5) is 40.0. The summed E-state index contributed by atoms with van der Waals surface area (Å²) < 4.78 is 4.27. The Morgan fingerprint density at radius 2 is 1.20 bits per heavy atom. The summed E-state index contributed by atoms with van der Waals surface area (Å²) in [6.07, 6.45) is 9.93. The van der Waals surface area contributed by atoms with Crippen LogP contribution in [0.3, 0.4) is 0 Å².